The van der Waals surface area contributed by atoms with Crippen LogP contribution in [-0.4, -0.2) is 21.6 Å². The van der Waals surface area contributed by atoms with Crippen LogP contribution in [0.25, 0.3) is 0 Å². The minimum Gasteiger partial charge on any atom is -0.346 e. The first-order valence-corrected chi connectivity index (χ1v) is 4.71. The fourth-order valence-corrected chi connectivity index (χ4v) is 1.29. The second-order valence-corrected chi connectivity index (χ2v) is 3.86. The van der Waals surface area contributed by atoms with Gasteiger partial charge >= 0.3 is 0 Å². The molecule has 1 aromatic heterocycles. The maximum absolute atomic E-state index is 11.6. The molecule has 1 aliphatic carbocycles. The van der Waals surface area contributed by atoms with Crippen LogP contribution in [0.15, 0.2) is 12.3 Å². The van der Waals surface area contributed by atoms with E-state index in [0.29, 0.717) is 0 Å². The molecule has 14 heavy (non-hydrogen) atoms. The molecule has 1 unspecified atom stereocenters. The summed E-state index contributed by atoms with van der Waals surface area (Å²) >= 11 is 0. The molecule has 0 aromatic carbocycles. The Morgan fingerprint density at radius 3 is 3.00 bits per heavy atom. The molecule has 2 rings (SSSR count). The normalized spacial score (nSPS) is 20.1. The maximum Gasteiger partial charge on any atom is 0.240 e. The molecule has 1 saturated carbocycles. The second-order valence-electron chi connectivity index (χ2n) is 3.86. The van der Waals surface area contributed by atoms with Crippen molar-refractivity contribution in [1.29, 1.82) is 0 Å². The third-order valence-corrected chi connectivity index (χ3v) is 2.58. The van der Waals surface area contributed by atoms with E-state index in [4.69, 9.17) is 5.73 Å². The topological polar surface area (TPSA) is 83.8 Å². The van der Waals surface area contributed by atoms with Gasteiger partial charge in [-0.25, -0.2) is 0 Å². The molecule has 4 N–H and O–H groups in total. The third kappa shape index (κ3) is 1.63. The van der Waals surface area contributed by atoms with Gasteiger partial charge in [0.05, 0.1) is 17.3 Å². The zero-order chi connectivity index (χ0) is 10.2. The van der Waals surface area contributed by atoms with Gasteiger partial charge in [0.1, 0.15) is 0 Å². The van der Waals surface area contributed by atoms with Gasteiger partial charge in [0.2, 0.25) is 5.91 Å². The third-order valence-electron chi connectivity index (χ3n) is 2.58. The van der Waals surface area contributed by atoms with Crippen LogP contribution in [0, 0.1) is 0 Å². The monoisotopic (exact) mass is 194 g/mol. The van der Waals surface area contributed by atoms with E-state index in [-0.39, 0.29) is 11.9 Å². The van der Waals surface area contributed by atoms with E-state index in [9.17, 15) is 4.79 Å². The summed E-state index contributed by atoms with van der Waals surface area (Å²) in [6, 6.07) is 1.77. The molecule has 0 aliphatic heterocycles. The molecule has 0 saturated heterocycles. The molecule has 76 valence electrons. The summed E-state index contributed by atoms with van der Waals surface area (Å²) in [4.78, 5) is 11.6. The standard InChI is InChI=1S/C9H14N4O/c1-6(7-2-5-11-13-7)12-8(14)9(10)3-4-9/h2,5-6H,3-4,10H2,1H3,(H,11,13)(H,12,14). The zero-order valence-corrected chi connectivity index (χ0v) is 8.08. The van der Waals surface area contributed by atoms with Crippen molar-refractivity contribution >= 4 is 5.91 Å². The highest BCUT2D eigenvalue weighted by Crippen LogP contribution is 2.32. The summed E-state index contributed by atoms with van der Waals surface area (Å²) in [6.07, 6.45) is 3.23. The smallest absolute Gasteiger partial charge is 0.240 e. The van der Waals surface area contributed by atoms with Crippen LogP contribution in [-0.2, 0) is 4.79 Å². The summed E-state index contributed by atoms with van der Waals surface area (Å²) in [5.41, 5.74) is 6.04. The van der Waals surface area contributed by atoms with Crippen molar-refractivity contribution in [3.05, 3.63) is 18.0 Å². The van der Waals surface area contributed by atoms with E-state index in [1.54, 1.807) is 6.20 Å². The van der Waals surface area contributed by atoms with Gasteiger partial charge in [-0.3, -0.25) is 9.89 Å². The van der Waals surface area contributed by atoms with Crippen molar-refractivity contribution in [3.8, 4) is 0 Å². The number of hydrogen-bond acceptors (Lipinski definition) is 3. The highest BCUT2D eigenvalue weighted by Gasteiger charge is 2.46. The van der Waals surface area contributed by atoms with E-state index in [2.05, 4.69) is 15.5 Å². The molecule has 5 heteroatoms. The van der Waals surface area contributed by atoms with Crippen LogP contribution in [0.5, 0.6) is 0 Å². The molecule has 1 amide bonds. The van der Waals surface area contributed by atoms with E-state index < -0.39 is 5.54 Å². The Morgan fingerprint density at radius 2 is 2.50 bits per heavy atom. The van der Waals surface area contributed by atoms with Gasteiger partial charge in [-0.05, 0) is 25.8 Å². The van der Waals surface area contributed by atoms with Crippen LogP contribution in [0.1, 0.15) is 31.5 Å². The van der Waals surface area contributed by atoms with E-state index in [1.807, 2.05) is 13.0 Å². The van der Waals surface area contributed by atoms with Crippen LogP contribution in [0.3, 0.4) is 0 Å². The fourth-order valence-electron chi connectivity index (χ4n) is 1.29. The van der Waals surface area contributed by atoms with Crippen LogP contribution < -0.4 is 11.1 Å². The molecule has 0 bridgehead atoms. The molecule has 1 heterocycles. The molecular weight excluding hydrogens is 180 g/mol. The summed E-state index contributed by atoms with van der Waals surface area (Å²) in [7, 11) is 0. The fraction of sp³-hybridized carbons (Fsp3) is 0.556. The first-order chi connectivity index (χ1) is 6.62. The average molecular weight is 194 g/mol. The summed E-state index contributed by atoms with van der Waals surface area (Å²) in [6.45, 7) is 1.90. The van der Waals surface area contributed by atoms with Gasteiger partial charge in [0, 0.05) is 6.20 Å². The van der Waals surface area contributed by atoms with Crippen molar-refractivity contribution in [2.45, 2.75) is 31.3 Å². The molecule has 5 nitrogen and oxygen atoms in total. The SMILES string of the molecule is CC(NC(=O)C1(N)CC1)c1ccn[nH]1. The van der Waals surface area contributed by atoms with Crippen LogP contribution in [0.4, 0.5) is 0 Å². The summed E-state index contributed by atoms with van der Waals surface area (Å²) in [5, 5.41) is 9.48. The zero-order valence-electron chi connectivity index (χ0n) is 8.08. The Balaban J connectivity index is 1.95. The highest BCUT2D eigenvalue weighted by molar-refractivity contribution is 5.89. The number of aromatic nitrogens is 2. The van der Waals surface area contributed by atoms with E-state index in [1.165, 1.54) is 0 Å². The predicted molar refractivity (Wildman–Crippen MR) is 51.3 cm³/mol. The number of nitrogens with one attached hydrogen (secondary N) is 2. The number of nitrogens with two attached hydrogens (primary N) is 1. The van der Waals surface area contributed by atoms with Crippen molar-refractivity contribution in [1.82, 2.24) is 15.5 Å². The number of carbonyl (C=O) groups is 1. The molecule has 1 aromatic rings. The second kappa shape index (κ2) is 3.09. The Hall–Kier alpha value is -1.36. The highest BCUT2D eigenvalue weighted by atomic mass is 16.2. The first kappa shape index (κ1) is 9.21. The average Bonchev–Trinajstić information content (AvgIpc) is 2.71. The summed E-state index contributed by atoms with van der Waals surface area (Å²) < 4.78 is 0. The lowest BCUT2D eigenvalue weighted by molar-refractivity contribution is -0.123. The lowest BCUT2D eigenvalue weighted by Crippen LogP contribution is -2.43. The number of H-pyrrole nitrogens is 1. The molecule has 0 spiro atoms. The Kier molecular flexibility index (Phi) is 2.03. The Morgan fingerprint density at radius 1 is 1.79 bits per heavy atom. The van der Waals surface area contributed by atoms with E-state index >= 15 is 0 Å². The van der Waals surface area contributed by atoms with Crippen LogP contribution in [0.2, 0.25) is 0 Å². The lowest BCUT2D eigenvalue weighted by Gasteiger charge is -2.15. The van der Waals surface area contributed by atoms with Gasteiger partial charge in [-0.1, -0.05) is 0 Å². The van der Waals surface area contributed by atoms with Crippen LogP contribution >= 0.6 is 0 Å². The Bertz CT molecular complexity index is 329. The minimum atomic E-state index is -0.603. The van der Waals surface area contributed by atoms with Gasteiger partial charge in [0.15, 0.2) is 0 Å². The predicted octanol–water partition coefficient (Wildman–Crippen LogP) is 0.0782. The largest absolute Gasteiger partial charge is 0.346 e. The molecule has 1 fully saturated rings. The first-order valence-electron chi connectivity index (χ1n) is 4.71. The quantitative estimate of drug-likeness (QED) is 0.637. The number of nitrogens with zero attached hydrogens (tertiary/aromatic N) is 1. The Labute approximate surface area is 82.1 Å². The van der Waals surface area contributed by atoms with Crippen molar-refractivity contribution in [3.63, 3.8) is 0 Å². The van der Waals surface area contributed by atoms with Gasteiger partial charge in [0.25, 0.3) is 0 Å². The lowest BCUT2D eigenvalue weighted by atomic mass is 10.2. The number of hydrogen-bond donors (Lipinski definition) is 3. The van der Waals surface area contributed by atoms with Crippen molar-refractivity contribution < 1.29 is 4.79 Å². The van der Waals surface area contributed by atoms with Crippen molar-refractivity contribution in [2.24, 2.45) is 5.73 Å². The molecular formula is C9H14N4O. The summed E-state index contributed by atoms with van der Waals surface area (Å²) in [5.74, 6) is -0.0698. The van der Waals surface area contributed by atoms with Gasteiger partial charge in [-0.2, -0.15) is 5.10 Å². The van der Waals surface area contributed by atoms with Crippen molar-refractivity contribution in [2.75, 3.05) is 0 Å². The van der Waals surface area contributed by atoms with Gasteiger partial charge in [-0.15, -0.1) is 0 Å². The molecule has 0 radical (unpaired) electrons. The minimum absolute atomic E-state index is 0.0639. The number of rotatable bonds is 3. The van der Waals surface area contributed by atoms with Gasteiger partial charge < -0.3 is 11.1 Å². The number of amides is 1. The maximum atomic E-state index is 11.6. The van der Waals surface area contributed by atoms with E-state index in [0.717, 1.165) is 18.5 Å². The molecule has 1 atom stereocenters. The molecule has 1 aliphatic rings. The number of carbonyl (C=O) groups excluding carboxylic acids is 1. The number of aromatic amines is 1.